The van der Waals surface area contributed by atoms with Crippen molar-refractivity contribution in [3.8, 4) is 0 Å². The van der Waals surface area contributed by atoms with Crippen LogP contribution in [0.2, 0.25) is 0 Å². The predicted octanol–water partition coefficient (Wildman–Crippen LogP) is 5.89. The minimum Gasteiger partial charge on any atom is -0.303 e. The number of nitrogens with zero attached hydrogens (tertiary/aromatic N) is 2. The van der Waals surface area contributed by atoms with Crippen LogP contribution in [0.25, 0.3) is 5.57 Å². The summed E-state index contributed by atoms with van der Waals surface area (Å²) in [4.78, 5) is 2.87. The molecule has 5 heteroatoms. The Kier molecular flexibility index (Phi) is 10.7. The van der Waals surface area contributed by atoms with E-state index in [1.807, 2.05) is 25.1 Å². The second-order valence-corrected chi connectivity index (χ2v) is 10.2. The van der Waals surface area contributed by atoms with Crippen LogP contribution >= 0.6 is 0 Å². The Bertz CT molecular complexity index is 848. The summed E-state index contributed by atoms with van der Waals surface area (Å²) >= 11 is 0. The van der Waals surface area contributed by atoms with Crippen molar-refractivity contribution in [3.63, 3.8) is 0 Å². The first-order valence-electron chi connectivity index (χ1n) is 11.8. The lowest BCUT2D eigenvalue weighted by atomic mass is 10.0. The normalized spacial score (nSPS) is 15.9. The molecular formula is C26H40N2O2S. The molecular weight excluding hydrogens is 404 g/mol. The van der Waals surface area contributed by atoms with Gasteiger partial charge in [-0.1, -0.05) is 69.2 Å². The van der Waals surface area contributed by atoms with Crippen LogP contribution in [0, 0.1) is 0 Å². The molecule has 0 aromatic heterocycles. The van der Waals surface area contributed by atoms with Gasteiger partial charge in [0.2, 0.25) is 10.0 Å². The third kappa shape index (κ3) is 7.74. The van der Waals surface area contributed by atoms with Gasteiger partial charge in [-0.15, -0.1) is 0 Å². The lowest BCUT2D eigenvalue weighted by Gasteiger charge is -2.20. The third-order valence-electron chi connectivity index (χ3n) is 6.01. The summed E-state index contributed by atoms with van der Waals surface area (Å²) in [6.45, 7) is 14.9. The summed E-state index contributed by atoms with van der Waals surface area (Å²) in [5.41, 5.74) is 3.14. The number of unbranched alkanes of at least 4 members (excludes halogenated alkanes) is 2. The van der Waals surface area contributed by atoms with E-state index in [1.165, 1.54) is 31.5 Å². The van der Waals surface area contributed by atoms with Gasteiger partial charge < -0.3 is 4.90 Å². The number of hydrogen-bond donors (Lipinski definition) is 0. The zero-order valence-corrected chi connectivity index (χ0v) is 20.5. The van der Waals surface area contributed by atoms with Crippen molar-refractivity contribution >= 4 is 15.6 Å². The van der Waals surface area contributed by atoms with Gasteiger partial charge in [-0.25, -0.2) is 8.42 Å². The number of likely N-dealkylation sites (tertiary alicyclic amines) is 1. The van der Waals surface area contributed by atoms with Crippen molar-refractivity contribution in [1.82, 2.24) is 9.21 Å². The van der Waals surface area contributed by atoms with Gasteiger partial charge in [0.25, 0.3) is 0 Å². The Balaban J connectivity index is 1.99. The minimum absolute atomic E-state index is 0.353. The number of hydrogen-bond acceptors (Lipinski definition) is 3. The molecule has 0 spiro atoms. The Labute approximate surface area is 190 Å². The Morgan fingerprint density at radius 2 is 1.77 bits per heavy atom. The van der Waals surface area contributed by atoms with Crippen LogP contribution in [0.5, 0.6) is 0 Å². The molecule has 2 rings (SSSR count). The van der Waals surface area contributed by atoms with Gasteiger partial charge in [-0.3, -0.25) is 0 Å². The highest BCUT2D eigenvalue weighted by Crippen LogP contribution is 2.21. The molecule has 31 heavy (non-hydrogen) atoms. The van der Waals surface area contributed by atoms with Crippen LogP contribution in [0.15, 0.2) is 59.5 Å². The predicted molar refractivity (Wildman–Crippen MR) is 133 cm³/mol. The van der Waals surface area contributed by atoms with Gasteiger partial charge in [-0.05, 0) is 69.0 Å². The average Bonchev–Trinajstić information content (AvgIpc) is 3.30. The van der Waals surface area contributed by atoms with Crippen molar-refractivity contribution in [3.05, 3.63) is 60.2 Å². The molecule has 1 aromatic rings. The fourth-order valence-electron chi connectivity index (χ4n) is 3.90. The molecule has 0 amide bonds. The van der Waals surface area contributed by atoms with E-state index in [1.54, 1.807) is 16.4 Å². The second kappa shape index (κ2) is 13.0. The van der Waals surface area contributed by atoms with Crippen LogP contribution < -0.4 is 0 Å². The van der Waals surface area contributed by atoms with E-state index >= 15 is 0 Å². The van der Waals surface area contributed by atoms with Crippen molar-refractivity contribution in [2.75, 3.05) is 32.7 Å². The van der Waals surface area contributed by atoms with Crippen molar-refractivity contribution in [2.24, 2.45) is 0 Å². The SMILES string of the molecule is C=C(/C=C\C(=C/C)CCN1CCCC1)c1ccc(S(=O)(=O)N(CC)CCCCC)cc1. The molecule has 1 aliphatic heterocycles. The largest absolute Gasteiger partial charge is 0.303 e. The third-order valence-corrected chi connectivity index (χ3v) is 8.00. The first kappa shape index (κ1) is 25.6. The van der Waals surface area contributed by atoms with Gasteiger partial charge in [0.15, 0.2) is 0 Å². The lowest BCUT2D eigenvalue weighted by molar-refractivity contribution is 0.344. The molecule has 0 bridgehead atoms. The molecule has 0 N–H and O–H groups in total. The molecule has 0 atom stereocenters. The van der Waals surface area contributed by atoms with Crippen LogP contribution in [0.3, 0.4) is 0 Å². The number of rotatable bonds is 13. The van der Waals surface area contributed by atoms with Crippen LogP contribution in [0.1, 0.15) is 64.9 Å². The fraction of sp³-hybridized carbons (Fsp3) is 0.538. The summed E-state index contributed by atoms with van der Waals surface area (Å²) in [5.74, 6) is 0. The van der Waals surface area contributed by atoms with Crippen LogP contribution in [-0.4, -0.2) is 50.3 Å². The molecule has 172 valence electrons. The van der Waals surface area contributed by atoms with Crippen LogP contribution in [-0.2, 0) is 10.0 Å². The number of benzene rings is 1. The van der Waals surface area contributed by atoms with Gasteiger partial charge in [0.05, 0.1) is 4.90 Å². The van der Waals surface area contributed by atoms with E-state index in [-0.39, 0.29) is 0 Å². The maximum atomic E-state index is 13.0. The maximum Gasteiger partial charge on any atom is 0.243 e. The molecule has 1 aromatic carbocycles. The maximum absolute atomic E-state index is 13.0. The molecule has 0 radical (unpaired) electrons. The van der Waals surface area contributed by atoms with E-state index < -0.39 is 10.0 Å². The summed E-state index contributed by atoms with van der Waals surface area (Å²) < 4.78 is 27.5. The smallest absolute Gasteiger partial charge is 0.243 e. The zero-order chi connectivity index (χ0) is 22.7. The van der Waals surface area contributed by atoms with Crippen LogP contribution in [0.4, 0.5) is 0 Å². The van der Waals surface area contributed by atoms with Gasteiger partial charge >= 0.3 is 0 Å². The number of sulfonamides is 1. The molecule has 1 aliphatic rings. The fourth-order valence-corrected chi connectivity index (χ4v) is 5.39. The van der Waals surface area contributed by atoms with Gasteiger partial charge in [0, 0.05) is 19.6 Å². The minimum atomic E-state index is -3.45. The summed E-state index contributed by atoms with van der Waals surface area (Å²) in [5, 5.41) is 0. The number of allylic oxidation sites excluding steroid dienone is 4. The average molecular weight is 445 g/mol. The van der Waals surface area contributed by atoms with Gasteiger partial charge in [0.1, 0.15) is 0 Å². The van der Waals surface area contributed by atoms with E-state index in [9.17, 15) is 8.42 Å². The highest BCUT2D eigenvalue weighted by Gasteiger charge is 2.22. The van der Waals surface area contributed by atoms with Gasteiger partial charge in [-0.2, -0.15) is 4.31 Å². The molecule has 1 fully saturated rings. The second-order valence-electron chi connectivity index (χ2n) is 8.25. The Morgan fingerprint density at radius 3 is 2.35 bits per heavy atom. The molecule has 4 nitrogen and oxygen atoms in total. The van der Waals surface area contributed by atoms with E-state index in [4.69, 9.17) is 0 Å². The first-order valence-corrected chi connectivity index (χ1v) is 13.2. The molecule has 1 heterocycles. The summed E-state index contributed by atoms with van der Waals surface area (Å²) in [6.07, 6.45) is 13.0. The molecule has 0 aliphatic carbocycles. The monoisotopic (exact) mass is 444 g/mol. The zero-order valence-electron chi connectivity index (χ0n) is 19.6. The van der Waals surface area contributed by atoms with Crippen molar-refractivity contribution in [1.29, 1.82) is 0 Å². The van der Waals surface area contributed by atoms with Crippen molar-refractivity contribution in [2.45, 2.75) is 64.2 Å². The Hall–Kier alpha value is -1.69. The highest BCUT2D eigenvalue weighted by molar-refractivity contribution is 7.89. The van der Waals surface area contributed by atoms with E-state index in [0.717, 1.165) is 43.4 Å². The standard InChI is InChI=1S/C26H40N2O2S/c1-5-8-9-21-28(7-3)31(29,30)26-16-14-25(15-17-26)23(4)12-13-24(6-2)18-22-27-19-10-11-20-27/h6,12-17H,4-5,7-11,18-22H2,1-3H3/b13-12-,24-6+. The topological polar surface area (TPSA) is 40.6 Å². The molecule has 1 saturated heterocycles. The summed E-state index contributed by atoms with van der Waals surface area (Å²) in [7, 11) is -3.45. The highest BCUT2D eigenvalue weighted by atomic mass is 32.2. The first-order chi connectivity index (χ1) is 14.9. The molecule has 0 saturated carbocycles. The van der Waals surface area contributed by atoms with E-state index in [0.29, 0.717) is 18.0 Å². The van der Waals surface area contributed by atoms with Crippen molar-refractivity contribution < 1.29 is 8.42 Å². The lowest BCUT2D eigenvalue weighted by Crippen LogP contribution is -2.31. The summed E-state index contributed by atoms with van der Waals surface area (Å²) in [6, 6.07) is 7.13. The Morgan fingerprint density at radius 1 is 1.10 bits per heavy atom. The van der Waals surface area contributed by atoms with E-state index in [2.05, 4.69) is 37.5 Å². The quantitative estimate of drug-likeness (QED) is 0.281. The molecule has 0 unspecified atom stereocenters.